The van der Waals surface area contributed by atoms with Gasteiger partial charge in [-0.15, -0.1) is 0 Å². The van der Waals surface area contributed by atoms with Crippen molar-refractivity contribution in [1.82, 2.24) is 0 Å². The van der Waals surface area contributed by atoms with E-state index in [1.54, 1.807) is 0 Å². The second kappa shape index (κ2) is 4.55. The number of aliphatic carboxylic acids is 1. The van der Waals surface area contributed by atoms with Gasteiger partial charge in [0, 0.05) is 11.6 Å². The van der Waals surface area contributed by atoms with Crippen molar-refractivity contribution < 1.29 is 14.7 Å². The third kappa shape index (κ3) is 2.62. The van der Waals surface area contributed by atoms with Gasteiger partial charge < -0.3 is 5.11 Å². The van der Waals surface area contributed by atoms with Crippen molar-refractivity contribution in [3.05, 3.63) is 46.4 Å². The molecule has 5 heteroatoms. The standard InChI is InChI=1S/C12H9NO3S/c1-7-2-4-8(5-3-7)12-13-11(16)9(17-12)6-10(14)15/h2-6H,1H3,(H,14,15)/b9-6+. The van der Waals surface area contributed by atoms with Crippen LogP contribution in [-0.4, -0.2) is 22.0 Å². The third-order valence-corrected chi connectivity index (χ3v) is 3.21. The van der Waals surface area contributed by atoms with Crippen LogP contribution in [0.4, 0.5) is 0 Å². The van der Waals surface area contributed by atoms with Gasteiger partial charge in [-0.1, -0.05) is 41.6 Å². The highest BCUT2D eigenvalue weighted by atomic mass is 32.2. The molecule has 86 valence electrons. The fourth-order valence-electron chi connectivity index (χ4n) is 1.34. The number of aliphatic imine (C=N–C) groups is 1. The SMILES string of the molecule is Cc1ccc(C2=NC(=O)/C(=C\C(=O)O)S2)cc1. The molecule has 1 aliphatic heterocycles. The van der Waals surface area contributed by atoms with Crippen LogP contribution >= 0.6 is 11.8 Å². The summed E-state index contributed by atoms with van der Waals surface area (Å²) in [5.74, 6) is -1.63. The number of carboxylic acid groups (broad SMARTS) is 1. The maximum Gasteiger partial charge on any atom is 0.329 e. The fraction of sp³-hybridized carbons (Fsp3) is 0.0833. The highest BCUT2D eigenvalue weighted by molar-refractivity contribution is 8.19. The van der Waals surface area contributed by atoms with Gasteiger partial charge in [-0.25, -0.2) is 9.79 Å². The predicted octanol–water partition coefficient (Wildman–Crippen LogP) is 1.98. The molecule has 1 heterocycles. The monoisotopic (exact) mass is 247 g/mol. The van der Waals surface area contributed by atoms with Crippen LogP contribution in [-0.2, 0) is 9.59 Å². The Labute approximate surface area is 102 Å². The molecule has 0 radical (unpaired) electrons. The molecule has 0 saturated carbocycles. The zero-order chi connectivity index (χ0) is 12.4. The number of carboxylic acids is 1. The van der Waals surface area contributed by atoms with Gasteiger partial charge in [0.05, 0.1) is 4.91 Å². The van der Waals surface area contributed by atoms with Crippen molar-refractivity contribution in [3.63, 3.8) is 0 Å². The highest BCUT2D eigenvalue weighted by Crippen LogP contribution is 2.29. The van der Waals surface area contributed by atoms with Crippen molar-refractivity contribution in [1.29, 1.82) is 0 Å². The second-order valence-corrected chi connectivity index (χ2v) is 4.57. The number of rotatable bonds is 2. The van der Waals surface area contributed by atoms with E-state index < -0.39 is 11.9 Å². The van der Waals surface area contributed by atoms with E-state index in [-0.39, 0.29) is 4.91 Å². The Morgan fingerprint density at radius 1 is 1.35 bits per heavy atom. The van der Waals surface area contributed by atoms with E-state index in [9.17, 15) is 9.59 Å². The molecule has 17 heavy (non-hydrogen) atoms. The Hall–Kier alpha value is -1.88. The minimum Gasteiger partial charge on any atom is -0.478 e. The van der Waals surface area contributed by atoms with Gasteiger partial charge in [0.15, 0.2) is 0 Å². The summed E-state index contributed by atoms with van der Waals surface area (Å²) < 4.78 is 0. The molecular formula is C12H9NO3S. The molecule has 1 amide bonds. The summed E-state index contributed by atoms with van der Waals surface area (Å²) in [6, 6.07) is 7.56. The Bertz CT molecular complexity index is 543. The summed E-state index contributed by atoms with van der Waals surface area (Å²) in [5.41, 5.74) is 1.94. The van der Waals surface area contributed by atoms with Crippen molar-refractivity contribution in [3.8, 4) is 0 Å². The lowest BCUT2D eigenvalue weighted by Gasteiger charge is -1.99. The summed E-state index contributed by atoms with van der Waals surface area (Å²) in [6.45, 7) is 1.97. The number of thioether (sulfide) groups is 1. The zero-order valence-electron chi connectivity index (χ0n) is 9.01. The number of hydrogen-bond acceptors (Lipinski definition) is 3. The van der Waals surface area contributed by atoms with Crippen molar-refractivity contribution in [2.45, 2.75) is 6.92 Å². The van der Waals surface area contributed by atoms with Crippen LogP contribution in [0.15, 0.2) is 40.2 Å². The van der Waals surface area contributed by atoms with Crippen molar-refractivity contribution in [2.24, 2.45) is 4.99 Å². The Morgan fingerprint density at radius 2 is 2.00 bits per heavy atom. The average Bonchev–Trinajstić information content (AvgIpc) is 2.60. The maximum atomic E-state index is 11.4. The van der Waals surface area contributed by atoms with Crippen LogP contribution in [0.5, 0.6) is 0 Å². The van der Waals surface area contributed by atoms with Crippen LogP contribution in [0.2, 0.25) is 0 Å². The van der Waals surface area contributed by atoms with Gasteiger partial charge in [-0.2, -0.15) is 0 Å². The summed E-state index contributed by atoms with van der Waals surface area (Å²) >= 11 is 1.09. The Balaban J connectivity index is 2.27. The number of benzene rings is 1. The van der Waals surface area contributed by atoms with Gasteiger partial charge >= 0.3 is 5.97 Å². The molecule has 1 N–H and O–H groups in total. The molecule has 0 aromatic heterocycles. The van der Waals surface area contributed by atoms with Crippen molar-refractivity contribution in [2.75, 3.05) is 0 Å². The number of aryl methyl sites for hydroxylation is 1. The van der Waals surface area contributed by atoms with Crippen LogP contribution < -0.4 is 0 Å². The Morgan fingerprint density at radius 3 is 2.59 bits per heavy atom. The first-order valence-electron chi connectivity index (χ1n) is 4.89. The summed E-state index contributed by atoms with van der Waals surface area (Å²) in [4.78, 5) is 25.9. The molecule has 4 nitrogen and oxygen atoms in total. The molecule has 0 spiro atoms. The van der Waals surface area contributed by atoms with Crippen molar-refractivity contribution >= 4 is 28.7 Å². The predicted molar refractivity (Wildman–Crippen MR) is 66.0 cm³/mol. The zero-order valence-corrected chi connectivity index (χ0v) is 9.82. The molecule has 0 aliphatic carbocycles. The quantitative estimate of drug-likeness (QED) is 0.811. The number of hydrogen-bond donors (Lipinski definition) is 1. The molecule has 0 bridgehead atoms. The first kappa shape index (κ1) is 11.6. The minimum atomic E-state index is -1.14. The molecule has 0 unspecified atom stereocenters. The smallest absolute Gasteiger partial charge is 0.329 e. The summed E-state index contributed by atoms with van der Waals surface area (Å²) in [5, 5.41) is 9.14. The lowest BCUT2D eigenvalue weighted by atomic mass is 10.2. The molecule has 0 saturated heterocycles. The first-order chi connectivity index (χ1) is 8.06. The summed E-state index contributed by atoms with van der Waals surface area (Å²) in [7, 11) is 0. The number of carbonyl (C=O) groups excluding carboxylic acids is 1. The average molecular weight is 247 g/mol. The fourth-order valence-corrected chi connectivity index (χ4v) is 2.22. The normalized spacial score (nSPS) is 17.4. The number of carbonyl (C=O) groups is 2. The maximum absolute atomic E-state index is 11.4. The molecule has 0 fully saturated rings. The molecule has 1 aromatic rings. The van der Waals surface area contributed by atoms with E-state index in [2.05, 4.69) is 4.99 Å². The molecule has 1 aliphatic rings. The van der Waals surface area contributed by atoms with Gasteiger partial charge in [0.1, 0.15) is 5.04 Å². The van der Waals surface area contributed by atoms with Gasteiger partial charge in [-0.05, 0) is 6.92 Å². The lowest BCUT2D eigenvalue weighted by Crippen LogP contribution is -1.94. The molecule has 2 rings (SSSR count). The minimum absolute atomic E-state index is 0.146. The van der Waals surface area contributed by atoms with Crippen LogP contribution in [0.3, 0.4) is 0 Å². The van der Waals surface area contributed by atoms with E-state index >= 15 is 0 Å². The largest absolute Gasteiger partial charge is 0.478 e. The van der Waals surface area contributed by atoms with E-state index in [1.165, 1.54) is 0 Å². The number of nitrogens with zero attached hydrogens (tertiary/aromatic N) is 1. The topological polar surface area (TPSA) is 66.7 Å². The van der Waals surface area contributed by atoms with E-state index in [1.807, 2.05) is 31.2 Å². The summed E-state index contributed by atoms with van der Waals surface area (Å²) in [6.07, 6.45) is 0.887. The van der Waals surface area contributed by atoms with Gasteiger partial charge in [0.2, 0.25) is 0 Å². The van der Waals surface area contributed by atoms with E-state index in [0.29, 0.717) is 5.04 Å². The second-order valence-electron chi connectivity index (χ2n) is 3.54. The molecule has 0 atom stereocenters. The van der Waals surface area contributed by atoms with Gasteiger partial charge in [-0.3, -0.25) is 4.79 Å². The molecule has 1 aromatic carbocycles. The van der Waals surface area contributed by atoms with E-state index in [4.69, 9.17) is 5.11 Å². The van der Waals surface area contributed by atoms with Gasteiger partial charge in [0.25, 0.3) is 5.91 Å². The Kier molecular flexibility index (Phi) is 3.10. The van der Waals surface area contributed by atoms with E-state index in [0.717, 1.165) is 29.0 Å². The third-order valence-electron chi connectivity index (χ3n) is 2.17. The molecular weight excluding hydrogens is 238 g/mol. The van der Waals surface area contributed by atoms with Crippen LogP contribution in [0, 0.1) is 6.92 Å². The highest BCUT2D eigenvalue weighted by Gasteiger charge is 2.23. The lowest BCUT2D eigenvalue weighted by molar-refractivity contribution is -0.131. The first-order valence-corrected chi connectivity index (χ1v) is 5.70. The van der Waals surface area contributed by atoms with Crippen LogP contribution in [0.25, 0.3) is 0 Å². The van der Waals surface area contributed by atoms with Crippen LogP contribution in [0.1, 0.15) is 11.1 Å². The number of amides is 1.